The van der Waals surface area contributed by atoms with Gasteiger partial charge in [-0.05, 0) is 48.5 Å². The van der Waals surface area contributed by atoms with E-state index < -0.39 is 10.0 Å². The molecule has 1 amide bonds. The summed E-state index contributed by atoms with van der Waals surface area (Å²) in [6.07, 6.45) is 3.14. The summed E-state index contributed by atoms with van der Waals surface area (Å²) in [5.74, 6) is 0.118. The molecule has 0 radical (unpaired) electrons. The molecule has 1 aromatic carbocycles. The van der Waals surface area contributed by atoms with Crippen molar-refractivity contribution in [1.82, 2.24) is 14.7 Å². The summed E-state index contributed by atoms with van der Waals surface area (Å²) in [7, 11) is -3.72. The number of anilines is 1. The molecule has 8 nitrogen and oxygen atoms in total. The maximum Gasteiger partial charge on any atom is 0.257 e. The maximum absolute atomic E-state index is 12.5. The quantitative estimate of drug-likeness (QED) is 0.454. The number of pyridine rings is 1. The van der Waals surface area contributed by atoms with E-state index in [4.69, 9.17) is 4.42 Å². The van der Waals surface area contributed by atoms with E-state index in [1.165, 1.54) is 41.9 Å². The van der Waals surface area contributed by atoms with Crippen molar-refractivity contribution in [1.29, 1.82) is 0 Å². The molecule has 152 valence electrons. The van der Waals surface area contributed by atoms with Gasteiger partial charge in [0.15, 0.2) is 5.13 Å². The minimum atomic E-state index is -3.72. The number of carbonyl (C=O) groups is 1. The zero-order valence-corrected chi connectivity index (χ0v) is 17.1. The number of nitrogens with zero attached hydrogens (tertiary/aromatic N) is 2. The molecular weight excluding hydrogens is 424 g/mol. The van der Waals surface area contributed by atoms with Crippen molar-refractivity contribution in [2.45, 2.75) is 11.4 Å². The molecule has 0 atom stereocenters. The monoisotopic (exact) mass is 440 g/mol. The zero-order valence-electron chi connectivity index (χ0n) is 15.5. The number of hydrogen-bond acceptors (Lipinski definition) is 7. The minimum Gasteiger partial charge on any atom is -0.468 e. The molecule has 2 N–H and O–H groups in total. The summed E-state index contributed by atoms with van der Waals surface area (Å²) in [6, 6.07) is 14.5. The normalized spacial score (nSPS) is 11.3. The van der Waals surface area contributed by atoms with Gasteiger partial charge in [-0.2, -0.15) is 0 Å². The molecule has 0 saturated heterocycles. The van der Waals surface area contributed by atoms with E-state index in [9.17, 15) is 13.2 Å². The Morgan fingerprint density at radius 1 is 1.03 bits per heavy atom. The van der Waals surface area contributed by atoms with Crippen LogP contribution in [-0.4, -0.2) is 24.3 Å². The first-order chi connectivity index (χ1) is 14.5. The van der Waals surface area contributed by atoms with Crippen LogP contribution in [0.1, 0.15) is 16.1 Å². The van der Waals surface area contributed by atoms with Gasteiger partial charge in [0.25, 0.3) is 5.91 Å². The second-order valence-electron chi connectivity index (χ2n) is 6.14. The number of sulfonamides is 1. The number of hydrogen-bond donors (Lipinski definition) is 2. The average Bonchev–Trinajstić information content (AvgIpc) is 3.45. The zero-order chi connectivity index (χ0) is 21.0. The summed E-state index contributed by atoms with van der Waals surface area (Å²) in [4.78, 5) is 21.1. The molecule has 0 unspecified atom stereocenters. The first-order valence-electron chi connectivity index (χ1n) is 8.82. The van der Waals surface area contributed by atoms with Crippen LogP contribution in [0.4, 0.5) is 5.13 Å². The fraction of sp³-hybridized carbons (Fsp3) is 0.0500. The lowest BCUT2D eigenvalue weighted by molar-refractivity contribution is 0.102. The fourth-order valence-corrected chi connectivity index (χ4v) is 4.27. The van der Waals surface area contributed by atoms with Gasteiger partial charge in [-0.25, -0.2) is 18.1 Å². The van der Waals surface area contributed by atoms with E-state index in [2.05, 4.69) is 20.0 Å². The lowest BCUT2D eigenvalue weighted by Crippen LogP contribution is -2.23. The van der Waals surface area contributed by atoms with Crippen LogP contribution in [0, 0.1) is 0 Å². The van der Waals surface area contributed by atoms with E-state index in [0.29, 0.717) is 27.8 Å². The molecule has 0 fully saturated rings. The molecular formula is C20H16N4O4S2. The summed E-state index contributed by atoms with van der Waals surface area (Å²) in [5, 5.41) is 4.95. The number of amides is 1. The van der Waals surface area contributed by atoms with Crippen LogP contribution >= 0.6 is 11.3 Å². The Morgan fingerprint density at radius 3 is 2.57 bits per heavy atom. The molecule has 3 aromatic heterocycles. The third-order valence-electron chi connectivity index (χ3n) is 4.10. The Balaban J connectivity index is 1.41. The molecule has 10 heteroatoms. The van der Waals surface area contributed by atoms with Gasteiger partial charge in [-0.3, -0.25) is 15.1 Å². The van der Waals surface area contributed by atoms with Crippen molar-refractivity contribution in [3.63, 3.8) is 0 Å². The molecule has 30 heavy (non-hydrogen) atoms. The van der Waals surface area contributed by atoms with Crippen LogP contribution in [0.5, 0.6) is 0 Å². The van der Waals surface area contributed by atoms with Gasteiger partial charge in [0, 0.05) is 17.1 Å². The number of carbonyl (C=O) groups excluding carboxylic acids is 1. The number of rotatable bonds is 7. The number of benzene rings is 1. The highest BCUT2D eigenvalue weighted by molar-refractivity contribution is 7.89. The highest BCUT2D eigenvalue weighted by Gasteiger charge is 2.16. The van der Waals surface area contributed by atoms with Crippen LogP contribution in [0.3, 0.4) is 0 Å². The maximum atomic E-state index is 12.5. The van der Waals surface area contributed by atoms with E-state index in [1.54, 1.807) is 23.7 Å². The molecule has 4 aromatic rings. The molecule has 0 aliphatic heterocycles. The van der Waals surface area contributed by atoms with Crippen LogP contribution < -0.4 is 10.0 Å². The molecule has 3 heterocycles. The SMILES string of the molecule is O=C(Nc1nc(-c2ccccn2)cs1)c1ccc(S(=O)(=O)NCc2ccco2)cc1. The first-order valence-corrected chi connectivity index (χ1v) is 11.2. The van der Waals surface area contributed by atoms with Gasteiger partial charge < -0.3 is 4.42 Å². The standard InChI is InChI=1S/C20H16N4O4S2/c25-19(24-20-23-18(13-29-20)17-5-1-2-10-21-17)14-6-8-16(9-7-14)30(26,27)22-12-15-4-3-11-28-15/h1-11,13,22H,12H2,(H,23,24,25). The van der Waals surface area contributed by atoms with Crippen LogP contribution in [0.25, 0.3) is 11.4 Å². The second-order valence-corrected chi connectivity index (χ2v) is 8.76. The van der Waals surface area contributed by atoms with Crippen molar-refractivity contribution < 1.29 is 17.6 Å². The molecule has 0 spiro atoms. The second kappa shape index (κ2) is 8.57. The van der Waals surface area contributed by atoms with Crippen molar-refractivity contribution >= 4 is 32.4 Å². The Labute approximate surface area is 176 Å². The Bertz CT molecular complexity index is 1240. The highest BCUT2D eigenvalue weighted by Crippen LogP contribution is 2.23. The average molecular weight is 441 g/mol. The van der Waals surface area contributed by atoms with Crippen molar-refractivity contribution in [3.05, 3.63) is 83.8 Å². The largest absolute Gasteiger partial charge is 0.468 e. The Morgan fingerprint density at radius 2 is 1.87 bits per heavy atom. The topological polar surface area (TPSA) is 114 Å². The Kier molecular flexibility index (Phi) is 5.70. The van der Waals surface area contributed by atoms with Gasteiger partial charge in [-0.15, -0.1) is 11.3 Å². The van der Waals surface area contributed by atoms with Gasteiger partial charge in [0.1, 0.15) is 11.5 Å². The van der Waals surface area contributed by atoms with Crippen LogP contribution in [0.15, 0.2) is 81.8 Å². The predicted octanol–water partition coefficient (Wildman–Crippen LogP) is 3.53. The molecule has 4 rings (SSSR count). The number of thiazole rings is 1. The summed E-state index contributed by atoms with van der Waals surface area (Å²) < 4.78 is 32.3. The molecule has 0 aliphatic rings. The number of furan rings is 1. The lowest BCUT2D eigenvalue weighted by atomic mass is 10.2. The van der Waals surface area contributed by atoms with E-state index >= 15 is 0 Å². The predicted molar refractivity (Wildman–Crippen MR) is 112 cm³/mol. The van der Waals surface area contributed by atoms with Crippen molar-refractivity contribution in [2.75, 3.05) is 5.32 Å². The lowest BCUT2D eigenvalue weighted by Gasteiger charge is -2.07. The highest BCUT2D eigenvalue weighted by atomic mass is 32.2. The van der Waals surface area contributed by atoms with Gasteiger partial charge in [0.2, 0.25) is 10.0 Å². The minimum absolute atomic E-state index is 0.0419. The van der Waals surface area contributed by atoms with Crippen LogP contribution in [-0.2, 0) is 16.6 Å². The number of aromatic nitrogens is 2. The smallest absolute Gasteiger partial charge is 0.257 e. The first kappa shape index (κ1) is 20.0. The summed E-state index contributed by atoms with van der Waals surface area (Å²) in [6.45, 7) is 0.0419. The fourth-order valence-electron chi connectivity index (χ4n) is 2.58. The van der Waals surface area contributed by atoms with Crippen molar-refractivity contribution in [2.24, 2.45) is 0 Å². The van der Waals surface area contributed by atoms with Crippen LogP contribution in [0.2, 0.25) is 0 Å². The van der Waals surface area contributed by atoms with E-state index in [-0.39, 0.29) is 17.3 Å². The Hall–Kier alpha value is -3.34. The molecule has 0 saturated carbocycles. The third-order valence-corrected chi connectivity index (χ3v) is 6.27. The van der Waals surface area contributed by atoms with Gasteiger partial charge in [0.05, 0.1) is 23.4 Å². The molecule has 0 bridgehead atoms. The van der Waals surface area contributed by atoms with Gasteiger partial charge in [-0.1, -0.05) is 6.07 Å². The van der Waals surface area contributed by atoms with Gasteiger partial charge >= 0.3 is 0 Å². The van der Waals surface area contributed by atoms with Crippen molar-refractivity contribution in [3.8, 4) is 11.4 Å². The summed E-state index contributed by atoms with van der Waals surface area (Å²) >= 11 is 1.28. The molecule has 0 aliphatic carbocycles. The number of nitrogens with one attached hydrogen (secondary N) is 2. The summed E-state index contributed by atoms with van der Waals surface area (Å²) in [5.41, 5.74) is 1.69. The third kappa shape index (κ3) is 4.62. The van der Waals surface area contributed by atoms with E-state index in [0.717, 1.165) is 0 Å². The van der Waals surface area contributed by atoms with E-state index in [1.807, 2.05) is 18.2 Å².